The van der Waals surface area contributed by atoms with Crippen molar-refractivity contribution in [1.82, 2.24) is 29.6 Å². The van der Waals surface area contributed by atoms with Crippen molar-refractivity contribution < 1.29 is 70.2 Å². The lowest BCUT2D eigenvalue weighted by Gasteiger charge is -2.26. The van der Waals surface area contributed by atoms with Gasteiger partial charge in [-0.25, -0.2) is 13.8 Å². The number of carboxylic acids is 2. The summed E-state index contributed by atoms with van der Waals surface area (Å²) in [4.78, 5) is 76.7. The number of nitrogens with one attached hydrogen (secondary N) is 1. The molecular formula is C55H57F6N7O9. The summed E-state index contributed by atoms with van der Waals surface area (Å²) in [6.45, 7) is 1.08. The summed E-state index contributed by atoms with van der Waals surface area (Å²) in [5.41, 5.74) is 7.27. The lowest BCUT2D eigenvalue weighted by molar-refractivity contribution is -0.172. The normalized spacial score (nSPS) is 23.3. The number of imide groups is 1. The molecule has 1 saturated heterocycles. The minimum atomic E-state index is -4.43. The number of halogens is 6. The fraction of sp³-hybridized carbons (Fsp3) is 0.418. The molecular weight excluding hydrogens is 1020 g/mol. The second-order valence-corrected chi connectivity index (χ2v) is 20.9. The Kier molecular flexibility index (Phi) is 15.2. The molecule has 5 aliphatic rings. The molecule has 1 aliphatic heterocycles. The number of rotatable bonds is 12. The van der Waals surface area contributed by atoms with E-state index >= 15 is 0 Å². The maximum Gasteiger partial charge on any atom is 0.416 e. The van der Waals surface area contributed by atoms with Gasteiger partial charge in [0.25, 0.3) is 17.7 Å². The molecule has 4 bridgehead atoms. The fourth-order valence-corrected chi connectivity index (χ4v) is 11.8. The van der Waals surface area contributed by atoms with Gasteiger partial charge in [0, 0.05) is 31.8 Å². The Morgan fingerprint density at radius 2 is 1.04 bits per heavy atom. The minimum absolute atomic E-state index is 0. The third-order valence-electron chi connectivity index (χ3n) is 16.2. The van der Waals surface area contributed by atoms with Crippen molar-refractivity contribution in [3.63, 3.8) is 0 Å². The average molecular weight is 1070 g/mol. The highest BCUT2D eigenvalue weighted by atomic mass is 19.4. The lowest BCUT2D eigenvalue weighted by Crippen LogP contribution is -2.35. The van der Waals surface area contributed by atoms with E-state index in [2.05, 4.69) is 15.5 Å². The number of pyridine rings is 2. The maximum absolute atomic E-state index is 13.1. The number of fused-ring (bicyclic) bond motifs is 6. The van der Waals surface area contributed by atoms with Crippen LogP contribution in [0.3, 0.4) is 0 Å². The molecule has 77 heavy (non-hydrogen) atoms. The van der Waals surface area contributed by atoms with Gasteiger partial charge in [-0.2, -0.15) is 36.5 Å². The van der Waals surface area contributed by atoms with Crippen molar-refractivity contribution in [2.45, 2.75) is 110 Å². The van der Waals surface area contributed by atoms with Gasteiger partial charge < -0.3 is 26.1 Å². The van der Waals surface area contributed by atoms with E-state index in [4.69, 9.17) is 15.7 Å². The molecule has 11 rings (SSSR count). The monoisotopic (exact) mass is 1070 g/mol. The highest BCUT2D eigenvalue weighted by Crippen LogP contribution is 2.62. The Morgan fingerprint density at radius 3 is 1.44 bits per heavy atom. The van der Waals surface area contributed by atoms with Crippen molar-refractivity contribution in [1.29, 1.82) is 0 Å². The molecule has 0 spiro atoms. The van der Waals surface area contributed by atoms with Crippen molar-refractivity contribution in [3.8, 4) is 0 Å². The van der Waals surface area contributed by atoms with Crippen LogP contribution in [-0.4, -0.2) is 83.2 Å². The fourth-order valence-electron chi connectivity index (χ4n) is 11.8. The quantitative estimate of drug-likeness (QED) is 0.0664. The first kappa shape index (κ1) is 55.6. The van der Waals surface area contributed by atoms with Crippen molar-refractivity contribution in [3.05, 3.63) is 142 Å². The third kappa shape index (κ3) is 11.2. The molecule has 0 atom stereocenters. The van der Waals surface area contributed by atoms with Crippen LogP contribution in [0.1, 0.15) is 139 Å². The van der Waals surface area contributed by atoms with E-state index in [0.29, 0.717) is 77.1 Å². The second kappa shape index (κ2) is 21.1. The molecule has 3 amide bonds. The van der Waals surface area contributed by atoms with Crippen molar-refractivity contribution in [2.75, 3.05) is 13.1 Å². The smallest absolute Gasteiger partial charge is 0.416 e. The zero-order valence-corrected chi connectivity index (χ0v) is 40.9. The number of alkyl halides is 6. The summed E-state index contributed by atoms with van der Waals surface area (Å²) in [6.07, 6.45) is 5.77. The molecule has 0 unspecified atom stereocenters. The first-order valence-electron chi connectivity index (χ1n) is 24.7. The van der Waals surface area contributed by atoms with Gasteiger partial charge in [0.1, 0.15) is 5.56 Å². The van der Waals surface area contributed by atoms with E-state index in [1.54, 1.807) is 35.1 Å². The summed E-state index contributed by atoms with van der Waals surface area (Å²) >= 11 is 0. The Balaban J connectivity index is 0.000000167. The van der Waals surface area contributed by atoms with E-state index in [1.807, 2.05) is 6.07 Å². The first-order chi connectivity index (χ1) is 36.0. The summed E-state index contributed by atoms with van der Waals surface area (Å²) in [6, 6.07) is 16.7. The van der Waals surface area contributed by atoms with Gasteiger partial charge >= 0.3 is 30.3 Å². The summed E-state index contributed by atoms with van der Waals surface area (Å²) in [7, 11) is 0. The predicted molar refractivity (Wildman–Crippen MR) is 265 cm³/mol. The molecule has 5 heterocycles. The summed E-state index contributed by atoms with van der Waals surface area (Å²) in [5, 5.41) is 30.5. The van der Waals surface area contributed by atoms with Crippen LogP contribution in [0, 0.1) is 21.7 Å². The number of carbonyl (C=O) groups is 6. The molecule has 5 fully saturated rings. The molecule has 22 heteroatoms. The van der Waals surface area contributed by atoms with Gasteiger partial charge in [0.15, 0.2) is 0 Å². The number of amides is 3. The summed E-state index contributed by atoms with van der Waals surface area (Å²) in [5.74, 6) is -3.76. The lowest BCUT2D eigenvalue weighted by atomic mass is 9.82. The predicted octanol–water partition coefficient (Wildman–Crippen LogP) is 9.49. The Bertz CT molecular complexity index is 3210. The van der Waals surface area contributed by atoms with Crippen LogP contribution >= 0.6 is 0 Å². The van der Waals surface area contributed by atoms with Crippen LogP contribution in [0.4, 0.5) is 26.3 Å². The molecule has 4 aromatic heterocycles. The van der Waals surface area contributed by atoms with Gasteiger partial charge in [0.05, 0.1) is 50.9 Å². The third-order valence-corrected chi connectivity index (χ3v) is 16.2. The Hall–Kier alpha value is -7.62. The zero-order valence-electron chi connectivity index (χ0n) is 40.9. The number of hydrogen-bond donors (Lipinski definition) is 4. The number of benzene rings is 2. The van der Waals surface area contributed by atoms with E-state index < -0.39 is 58.6 Å². The van der Waals surface area contributed by atoms with Gasteiger partial charge in [-0.1, -0.05) is 43.8 Å². The molecule has 6 aromatic rings. The van der Waals surface area contributed by atoms with E-state index in [0.717, 1.165) is 74.8 Å². The molecule has 4 saturated carbocycles. The molecule has 16 nitrogen and oxygen atoms in total. The average Bonchev–Trinajstić information content (AvgIpc) is 4.34. The maximum atomic E-state index is 13.1. The van der Waals surface area contributed by atoms with Gasteiger partial charge in [-0.3, -0.25) is 24.0 Å². The van der Waals surface area contributed by atoms with E-state index in [-0.39, 0.29) is 54.4 Å². The van der Waals surface area contributed by atoms with Crippen LogP contribution in [-0.2, 0) is 49.2 Å². The van der Waals surface area contributed by atoms with Gasteiger partial charge in [0.2, 0.25) is 0 Å². The zero-order chi connectivity index (χ0) is 54.4. The molecule has 408 valence electrons. The Morgan fingerprint density at radius 1 is 0.623 bits per heavy atom. The number of hydroxylamine groups is 2. The van der Waals surface area contributed by atoms with Crippen LogP contribution < -0.4 is 11.1 Å². The standard InChI is InChI=1S/C25H24F3N3O3.C20H14F3N3O4.C9H15NO2.CH4/c26-25(27,28)18-5-3-16(4-6-18)12-17-2-1-11-31-20(17)19(13-30-31)21(32)29-15-23-7-9-24(14-23,10-8-23)22(33)34;21-20(22,23)14-5-3-12(4-6-14)10-13-2-1-9-25-18(13)15(11-24-25)19(29)30-26-16(27)7-8-17(26)28;10-6-8-1-3-9(5-8,4-2-8)7(11)12;/h1-6,11,13H,7-10,12,14-15H2,(H,29,32)(H,33,34);1-6,9,11H,7-8,10H2;1-6,10H2,(H,11,12);1H4. The van der Waals surface area contributed by atoms with E-state index in [1.165, 1.54) is 41.2 Å². The number of aromatic nitrogens is 4. The SMILES string of the molecule is C.NCC12CCC(C(=O)O)(CC1)C2.O=C(NCC12CCC(C(=O)O)(CC1)C2)c1cnn2cccc(Cc3ccc(C(F)(F)F)cc3)c12.O=C(ON1C(=O)CCC1=O)c1cnn2cccc(Cc3ccc(C(F)(F)F)cc3)c12. The number of carboxylic acid groups (broad SMARTS) is 2. The minimum Gasteiger partial charge on any atom is -0.481 e. The van der Waals surface area contributed by atoms with Gasteiger partial charge in [-0.15, -0.1) is 5.06 Å². The summed E-state index contributed by atoms with van der Waals surface area (Å²) < 4.78 is 79.9. The van der Waals surface area contributed by atoms with Crippen LogP contribution in [0.2, 0.25) is 0 Å². The van der Waals surface area contributed by atoms with Gasteiger partial charge in [-0.05, 0) is 153 Å². The first-order valence-corrected chi connectivity index (χ1v) is 24.7. The number of aliphatic carboxylic acids is 2. The molecule has 5 N–H and O–H groups in total. The van der Waals surface area contributed by atoms with Crippen LogP contribution in [0.15, 0.2) is 97.6 Å². The largest absolute Gasteiger partial charge is 0.481 e. The van der Waals surface area contributed by atoms with Crippen LogP contribution in [0.5, 0.6) is 0 Å². The number of hydrogen-bond acceptors (Lipinski definition) is 10. The second-order valence-electron chi connectivity index (χ2n) is 20.9. The number of nitrogens with two attached hydrogens (primary N) is 1. The Labute approximate surface area is 437 Å². The van der Waals surface area contributed by atoms with Crippen molar-refractivity contribution >= 4 is 46.7 Å². The highest BCUT2D eigenvalue weighted by Gasteiger charge is 2.59. The number of carbonyl (C=O) groups excluding carboxylic acids is 4. The molecule has 4 aliphatic carbocycles. The highest BCUT2D eigenvalue weighted by molar-refractivity contribution is 6.04. The molecule has 2 aromatic carbocycles. The molecule has 0 radical (unpaired) electrons. The number of nitrogens with zero attached hydrogens (tertiary/aromatic N) is 5. The van der Waals surface area contributed by atoms with E-state index in [9.17, 15) is 60.2 Å². The van der Waals surface area contributed by atoms with Crippen LogP contribution in [0.25, 0.3) is 11.0 Å². The topological polar surface area (TPSA) is 228 Å². The van der Waals surface area contributed by atoms with Crippen molar-refractivity contribution in [2.24, 2.45) is 27.4 Å².